The van der Waals surface area contributed by atoms with Gasteiger partial charge in [-0.15, -0.1) is 0 Å². The van der Waals surface area contributed by atoms with Crippen LogP contribution in [0.1, 0.15) is 19.8 Å². The van der Waals surface area contributed by atoms with Gasteiger partial charge in [0, 0.05) is 6.08 Å². The third-order valence-corrected chi connectivity index (χ3v) is 1.01. The van der Waals surface area contributed by atoms with Crippen molar-refractivity contribution in [3.63, 3.8) is 0 Å². The summed E-state index contributed by atoms with van der Waals surface area (Å²) in [5, 5.41) is 31.2. The number of rotatable bonds is 5. The Balaban J connectivity index is -0.000000200. The predicted molar refractivity (Wildman–Crippen MR) is 63.5 cm³/mol. The maximum Gasteiger partial charge on any atom is 0.331 e. The van der Waals surface area contributed by atoms with E-state index < -0.39 is 18.5 Å². The molecule has 0 rings (SSSR count). The van der Waals surface area contributed by atoms with Crippen LogP contribution in [0.5, 0.6) is 0 Å². The summed E-state index contributed by atoms with van der Waals surface area (Å²) in [5.74, 6) is -1.51. The zero-order valence-corrected chi connectivity index (χ0v) is 10.3. The average Bonchev–Trinajstić information content (AvgIpc) is 2.36. The molecule has 0 fully saturated rings. The van der Waals surface area contributed by atoms with Crippen LogP contribution >= 0.6 is 0 Å². The topological polar surface area (TPSA) is 128 Å². The number of aliphatic hydroxyl groups excluding tert-OH is 2. The summed E-state index contributed by atoms with van der Waals surface area (Å²) in [4.78, 5) is 19.5. The van der Waals surface area contributed by atoms with Gasteiger partial charge in [-0.25, -0.2) is 4.79 Å². The van der Waals surface area contributed by atoms with E-state index in [2.05, 4.69) is 11.3 Å². The van der Waals surface area contributed by atoms with Crippen LogP contribution in [0.3, 0.4) is 0 Å². The molecule has 0 bridgehead atoms. The molecule has 18 heavy (non-hydrogen) atoms. The zero-order valence-electron chi connectivity index (χ0n) is 10.3. The SMILES string of the molecule is C=CC#N.CCCOC(=O)CO.O=C(O)CCO. The molecule has 0 aliphatic rings. The fraction of sp³-hybridized carbons (Fsp3) is 0.545. The van der Waals surface area contributed by atoms with Crippen LogP contribution < -0.4 is 0 Å². The van der Waals surface area contributed by atoms with Gasteiger partial charge in [0.15, 0.2) is 0 Å². The summed E-state index contributed by atoms with van der Waals surface area (Å²) in [6.07, 6.45) is 1.83. The first-order valence-electron chi connectivity index (χ1n) is 5.09. The van der Waals surface area contributed by atoms with Gasteiger partial charge < -0.3 is 20.1 Å². The van der Waals surface area contributed by atoms with Gasteiger partial charge in [-0.05, 0) is 6.42 Å². The van der Waals surface area contributed by atoms with Crippen molar-refractivity contribution in [2.45, 2.75) is 19.8 Å². The van der Waals surface area contributed by atoms with Crippen LogP contribution in [0.4, 0.5) is 0 Å². The minimum absolute atomic E-state index is 0.153. The standard InChI is InChI=1S/C5H10O3.C3H3N.C3H6O3/c1-2-3-8-5(7)4-6;1-2-3-4;4-2-1-3(5)6/h6H,2-4H2,1H3;2H,1H2;4H,1-2H2,(H,5,6). The minimum Gasteiger partial charge on any atom is -0.481 e. The number of ether oxygens (including phenoxy) is 1. The lowest BCUT2D eigenvalue weighted by atomic mass is 10.5. The van der Waals surface area contributed by atoms with Crippen LogP contribution in [0.2, 0.25) is 0 Å². The highest BCUT2D eigenvalue weighted by Gasteiger charge is 1.94. The van der Waals surface area contributed by atoms with Crippen LogP contribution in [0.15, 0.2) is 12.7 Å². The van der Waals surface area contributed by atoms with Crippen molar-refractivity contribution in [2.24, 2.45) is 0 Å². The molecule has 0 amide bonds. The van der Waals surface area contributed by atoms with Crippen molar-refractivity contribution in [1.82, 2.24) is 0 Å². The largest absolute Gasteiger partial charge is 0.481 e. The number of aliphatic hydroxyl groups is 2. The van der Waals surface area contributed by atoms with Gasteiger partial charge in [0.25, 0.3) is 0 Å². The van der Waals surface area contributed by atoms with Crippen LogP contribution in [0, 0.1) is 11.3 Å². The van der Waals surface area contributed by atoms with E-state index in [1.165, 1.54) is 6.08 Å². The van der Waals surface area contributed by atoms with Gasteiger partial charge in [-0.3, -0.25) is 4.79 Å². The van der Waals surface area contributed by atoms with Gasteiger partial charge in [0.2, 0.25) is 0 Å². The highest BCUT2D eigenvalue weighted by molar-refractivity contribution is 5.70. The quantitative estimate of drug-likeness (QED) is 0.472. The second-order valence-corrected chi connectivity index (χ2v) is 2.58. The van der Waals surface area contributed by atoms with Crippen molar-refractivity contribution in [3.05, 3.63) is 12.7 Å². The number of aliphatic carboxylic acids is 1. The van der Waals surface area contributed by atoms with E-state index in [9.17, 15) is 9.59 Å². The normalized spacial score (nSPS) is 7.44. The molecule has 7 heteroatoms. The number of esters is 1. The Morgan fingerprint density at radius 2 is 1.94 bits per heavy atom. The Morgan fingerprint density at radius 1 is 1.44 bits per heavy atom. The summed E-state index contributed by atoms with van der Waals surface area (Å²) < 4.78 is 4.45. The Bertz CT molecular complexity index is 259. The number of nitrogens with zero attached hydrogens (tertiary/aromatic N) is 1. The van der Waals surface area contributed by atoms with E-state index in [1.807, 2.05) is 6.92 Å². The van der Waals surface area contributed by atoms with E-state index >= 15 is 0 Å². The smallest absolute Gasteiger partial charge is 0.331 e. The molecule has 0 heterocycles. The third kappa shape index (κ3) is 36.9. The van der Waals surface area contributed by atoms with Crippen molar-refractivity contribution < 1.29 is 29.6 Å². The lowest BCUT2D eigenvalue weighted by Crippen LogP contribution is -2.08. The highest BCUT2D eigenvalue weighted by Crippen LogP contribution is 1.79. The lowest BCUT2D eigenvalue weighted by Gasteiger charge is -1.96. The van der Waals surface area contributed by atoms with Crippen LogP contribution in [-0.4, -0.2) is 47.1 Å². The van der Waals surface area contributed by atoms with Gasteiger partial charge in [-0.1, -0.05) is 13.5 Å². The molecular weight excluding hydrogens is 242 g/mol. The Labute approximate surface area is 106 Å². The fourth-order valence-corrected chi connectivity index (χ4v) is 0.357. The molecule has 0 aliphatic carbocycles. The average molecular weight is 261 g/mol. The third-order valence-electron chi connectivity index (χ3n) is 1.01. The maximum absolute atomic E-state index is 10.1. The van der Waals surface area contributed by atoms with Crippen molar-refractivity contribution in [2.75, 3.05) is 19.8 Å². The molecule has 7 nitrogen and oxygen atoms in total. The molecule has 104 valence electrons. The molecule has 0 atom stereocenters. The summed E-state index contributed by atoms with van der Waals surface area (Å²) in [7, 11) is 0. The number of carboxylic acid groups (broad SMARTS) is 1. The van der Waals surface area contributed by atoms with Gasteiger partial charge in [0.1, 0.15) is 6.61 Å². The van der Waals surface area contributed by atoms with Gasteiger partial charge in [0.05, 0.1) is 25.7 Å². The van der Waals surface area contributed by atoms with Crippen molar-refractivity contribution in [1.29, 1.82) is 5.26 Å². The van der Waals surface area contributed by atoms with Crippen LogP contribution in [0.25, 0.3) is 0 Å². The summed E-state index contributed by atoms with van der Waals surface area (Å²) in [6, 6.07) is 1.69. The number of allylic oxidation sites excluding steroid dienone is 1. The molecule has 0 saturated heterocycles. The van der Waals surface area contributed by atoms with Crippen molar-refractivity contribution in [3.8, 4) is 6.07 Å². The molecule has 0 unspecified atom stereocenters. The number of hydrogen-bond acceptors (Lipinski definition) is 6. The molecule has 3 N–H and O–H groups in total. The zero-order chi connectivity index (χ0) is 14.8. The summed E-state index contributed by atoms with van der Waals surface area (Å²) >= 11 is 0. The second-order valence-electron chi connectivity index (χ2n) is 2.58. The molecule has 0 saturated carbocycles. The van der Waals surface area contributed by atoms with E-state index in [0.717, 1.165) is 6.42 Å². The Hall–Kier alpha value is -1.91. The number of hydrogen-bond donors (Lipinski definition) is 3. The number of carbonyl (C=O) groups is 2. The summed E-state index contributed by atoms with van der Waals surface area (Å²) in [6.45, 7) is 4.63. The van der Waals surface area contributed by atoms with Crippen molar-refractivity contribution >= 4 is 11.9 Å². The highest BCUT2D eigenvalue weighted by atomic mass is 16.5. The Morgan fingerprint density at radius 3 is 2.11 bits per heavy atom. The molecule has 0 aromatic carbocycles. The minimum atomic E-state index is -0.961. The molecule has 0 radical (unpaired) electrons. The first kappa shape index (κ1) is 21.4. The molecule has 0 aliphatic heterocycles. The molecular formula is C11H19NO6. The number of carboxylic acids is 1. The monoisotopic (exact) mass is 261 g/mol. The first-order valence-corrected chi connectivity index (χ1v) is 5.09. The predicted octanol–water partition coefficient (Wildman–Crippen LogP) is 0.0813. The lowest BCUT2D eigenvalue weighted by molar-refractivity contribution is -0.146. The van der Waals surface area contributed by atoms with Gasteiger partial charge in [-0.2, -0.15) is 5.26 Å². The van der Waals surface area contributed by atoms with E-state index in [0.29, 0.717) is 6.61 Å². The van der Waals surface area contributed by atoms with Crippen LogP contribution in [-0.2, 0) is 14.3 Å². The summed E-state index contributed by atoms with van der Waals surface area (Å²) in [5.41, 5.74) is 0. The molecule has 0 aromatic rings. The molecule has 0 spiro atoms. The number of carbonyl (C=O) groups excluding carboxylic acids is 1. The second kappa shape index (κ2) is 20.5. The van der Waals surface area contributed by atoms with E-state index in [4.69, 9.17) is 20.6 Å². The Kier molecular flexibility index (Phi) is 24.3. The fourth-order valence-electron chi connectivity index (χ4n) is 0.357. The van der Waals surface area contributed by atoms with E-state index in [-0.39, 0.29) is 13.0 Å². The maximum atomic E-state index is 10.1. The molecule has 0 aromatic heterocycles. The number of nitriles is 1. The van der Waals surface area contributed by atoms with Gasteiger partial charge >= 0.3 is 11.9 Å². The first-order chi connectivity index (χ1) is 8.49. The van der Waals surface area contributed by atoms with E-state index in [1.54, 1.807) is 6.07 Å².